The van der Waals surface area contributed by atoms with E-state index in [9.17, 15) is 0 Å². The van der Waals surface area contributed by atoms with Gasteiger partial charge in [0, 0.05) is 0 Å². The van der Waals surface area contributed by atoms with E-state index in [4.69, 9.17) is 4.74 Å². The fourth-order valence-electron chi connectivity index (χ4n) is 2.04. The zero-order valence-corrected chi connectivity index (χ0v) is 11.5. The number of hydrogen-bond acceptors (Lipinski definition) is 1. The van der Waals surface area contributed by atoms with Gasteiger partial charge in [-0.05, 0) is 30.5 Å². The monoisotopic (exact) mass is 253 g/mol. The quantitative estimate of drug-likeness (QED) is 0.614. The summed E-state index contributed by atoms with van der Waals surface area (Å²) in [6.07, 6.45) is 5.71. The topological polar surface area (TPSA) is 9.23 Å². The molecule has 2 aromatic rings. The van der Waals surface area contributed by atoms with Gasteiger partial charge < -0.3 is 4.74 Å². The highest BCUT2D eigenvalue weighted by Crippen LogP contribution is 2.25. The van der Waals surface area contributed by atoms with Crippen molar-refractivity contribution in [1.29, 1.82) is 0 Å². The number of benzene rings is 2. The minimum atomic E-state index is 0.915. The summed E-state index contributed by atoms with van der Waals surface area (Å²) < 4.78 is 6.06. The lowest BCUT2D eigenvalue weighted by molar-refractivity contribution is 0.327. The summed E-state index contributed by atoms with van der Waals surface area (Å²) in [5, 5.41) is 0. The van der Waals surface area contributed by atoms with Crippen LogP contribution in [-0.2, 0) is 0 Å². The van der Waals surface area contributed by atoms with Gasteiger partial charge in [0.05, 0.1) is 0 Å². The summed E-state index contributed by atoms with van der Waals surface area (Å²) in [6.45, 7) is 2.22. The number of unbranched alkanes of at least 4 members (excludes halogenated alkanes) is 2. The first-order valence-electron chi connectivity index (χ1n) is 7.04. The van der Waals surface area contributed by atoms with E-state index in [0.29, 0.717) is 0 Å². The molecule has 0 saturated carbocycles. The molecule has 1 heteroatoms. The van der Waals surface area contributed by atoms with Gasteiger partial charge in [0.15, 0.2) is 6.10 Å². The van der Waals surface area contributed by atoms with Gasteiger partial charge in [0.25, 0.3) is 0 Å². The SMILES string of the molecule is CCCCC[C](Oc1ccccc1)c1ccccc1. The van der Waals surface area contributed by atoms with Crippen LogP contribution in [0, 0.1) is 6.10 Å². The van der Waals surface area contributed by atoms with Crippen LogP contribution in [0.3, 0.4) is 0 Å². The number of rotatable bonds is 7. The Morgan fingerprint density at radius 3 is 2.11 bits per heavy atom. The molecule has 2 rings (SSSR count). The molecule has 0 spiro atoms. The highest BCUT2D eigenvalue weighted by Gasteiger charge is 2.14. The van der Waals surface area contributed by atoms with E-state index in [-0.39, 0.29) is 0 Å². The van der Waals surface area contributed by atoms with Gasteiger partial charge in [-0.2, -0.15) is 0 Å². The second-order valence-electron chi connectivity index (χ2n) is 4.66. The molecule has 0 aliphatic rings. The molecular formula is C18H21O. The fourth-order valence-corrected chi connectivity index (χ4v) is 2.04. The molecule has 0 amide bonds. The highest BCUT2D eigenvalue weighted by atomic mass is 16.5. The zero-order valence-electron chi connectivity index (χ0n) is 11.5. The van der Waals surface area contributed by atoms with E-state index < -0.39 is 0 Å². The molecule has 0 aliphatic heterocycles. The van der Waals surface area contributed by atoms with Crippen LogP contribution in [0.1, 0.15) is 38.2 Å². The van der Waals surface area contributed by atoms with Crippen molar-refractivity contribution in [1.82, 2.24) is 0 Å². The summed E-state index contributed by atoms with van der Waals surface area (Å²) >= 11 is 0. The van der Waals surface area contributed by atoms with Crippen molar-refractivity contribution >= 4 is 0 Å². The first-order valence-corrected chi connectivity index (χ1v) is 7.04. The molecule has 2 aromatic carbocycles. The highest BCUT2D eigenvalue weighted by molar-refractivity contribution is 5.31. The lowest BCUT2D eigenvalue weighted by Gasteiger charge is -2.18. The Kier molecular flexibility index (Phi) is 5.49. The molecule has 0 aromatic heterocycles. The number of hydrogen-bond donors (Lipinski definition) is 0. The third-order valence-corrected chi connectivity index (χ3v) is 3.09. The minimum Gasteiger partial charge on any atom is -0.478 e. The van der Waals surface area contributed by atoms with Crippen molar-refractivity contribution in [2.24, 2.45) is 0 Å². The lowest BCUT2D eigenvalue weighted by atomic mass is 10.0. The minimum absolute atomic E-state index is 0.915. The van der Waals surface area contributed by atoms with Gasteiger partial charge in [-0.3, -0.25) is 0 Å². The van der Waals surface area contributed by atoms with Crippen molar-refractivity contribution in [3.63, 3.8) is 0 Å². The normalized spacial score (nSPS) is 10.6. The first-order chi connectivity index (χ1) is 9.40. The molecule has 0 fully saturated rings. The maximum absolute atomic E-state index is 6.06. The van der Waals surface area contributed by atoms with Gasteiger partial charge in [-0.25, -0.2) is 0 Å². The third-order valence-electron chi connectivity index (χ3n) is 3.09. The van der Waals surface area contributed by atoms with Gasteiger partial charge in [0.2, 0.25) is 0 Å². The molecule has 0 bridgehead atoms. The van der Waals surface area contributed by atoms with Crippen LogP contribution in [0.25, 0.3) is 0 Å². The first kappa shape index (κ1) is 13.7. The van der Waals surface area contributed by atoms with Crippen molar-refractivity contribution < 1.29 is 4.74 Å². The fraction of sp³-hybridized carbons (Fsp3) is 0.278. The van der Waals surface area contributed by atoms with E-state index in [2.05, 4.69) is 31.2 Å². The van der Waals surface area contributed by atoms with Crippen LogP contribution < -0.4 is 4.74 Å². The lowest BCUT2D eigenvalue weighted by Crippen LogP contribution is -2.08. The van der Waals surface area contributed by atoms with E-state index in [1.807, 2.05) is 36.4 Å². The summed E-state index contributed by atoms with van der Waals surface area (Å²) in [7, 11) is 0. The Morgan fingerprint density at radius 1 is 0.842 bits per heavy atom. The largest absolute Gasteiger partial charge is 0.478 e. The van der Waals surface area contributed by atoms with Crippen LogP contribution in [0.5, 0.6) is 5.75 Å². The Labute approximate surface area is 116 Å². The average molecular weight is 253 g/mol. The van der Waals surface area contributed by atoms with E-state index in [1.165, 1.54) is 24.8 Å². The van der Waals surface area contributed by atoms with Crippen LogP contribution in [-0.4, -0.2) is 0 Å². The van der Waals surface area contributed by atoms with E-state index in [0.717, 1.165) is 18.3 Å². The van der Waals surface area contributed by atoms with Crippen LogP contribution in [0.4, 0.5) is 0 Å². The van der Waals surface area contributed by atoms with E-state index in [1.54, 1.807) is 0 Å². The Hall–Kier alpha value is -1.76. The Morgan fingerprint density at radius 2 is 1.47 bits per heavy atom. The van der Waals surface area contributed by atoms with Crippen LogP contribution in [0.15, 0.2) is 60.7 Å². The molecule has 0 heterocycles. The second kappa shape index (κ2) is 7.63. The van der Waals surface area contributed by atoms with E-state index >= 15 is 0 Å². The smallest absolute Gasteiger partial charge is 0.177 e. The molecule has 99 valence electrons. The molecule has 19 heavy (non-hydrogen) atoms. The van der Waals surface area contributed by atoms with Crippen molar-refractivity contribution in [2.75, 3.05) is 0 Å². The summed E-state index contributed by atoms with van der Waals surface area (Å²) in [4.78, 5) is 0. The van der Waals surface area contributed by atoms with Crippen LogP contribution in [0.2, 0.25) is 0 Å². The molecule has 1 nitrogen and oxygen atoms in total. The third kappa shape index (κ3) is 4.44. The Bertz CT molecular complexity index is 450. The van der Waals surface area contributed by atoms with Crippen molar-refractivity contribution in [3.05, 3.63) is 72.3 Å². The van der Waals surface area contributed by atoms with Crippen molar-refractivity contribution in [3.8, 4) is 5.75 Å². The molecule has 0 N–H and O–H groups in total. The second-order valence-corrected chi connectivity index (χ2v) is 4.66. The molecule has 0 aliphatic carbocycles. The number of ether oxygens (including phenoxy) is 1. The zero-order chi connectivity index (χ0) is 13.3. The van der Waals surface area contributed by atoms with Gasteiger partial charge >= 0.3 is 0 Å². The van der Waals surface area contributed by atoms with Gasteiger partial charge in [-0.1, -0.05) is 68.3 Å². The predicted molar refractivity (Wildman–Crippen MR) is 80.0 cm³/mol. The summed E-state index contributed by atoms with van der Waals surface area (Å²) in [5.74, 6) is 0.915. The molecule has 0 atom stereocenters. The molecule has 1 radical (unpaired) electrons. The number of para-hydroxylation sites is 1. The predicted octanol–water partition coefficient (Wildman–Crippen LogP) is 5.23. The molecule has 0 saturated heterocycles. The maximum Gasteiger partial charge on any atom is 0.177 e. The summed E-state index contributed by atoms with van der Waals surface area (Å²) in [5.41, 5.74) is 1.18. The Balaban J connectivity index is 2.06. The average Bonchev–Trinajstić information content (AvgIpc) is 2.48. The van der Waals surface area contributed by atoms with Crippen LogP contribution >= 0.6 is 0 Å². The van der Waals surface area contributed by atoms with Crippen molar-refractivity contribution in [2.45, 2.75) is 32.6 Å². The van der Waals surface area contributed by atoms with Gasteiger partial charge in [-0.15, -0.1) is 0 Å². The standard InChI is InChI=1S/C18H21O/c1-2-3-6-15-18(16-11-7-4-8-12-16)19-17-13-9-5-10-14-17/h4-5,7-14H,2-3,6,15H2,1H3. The molecule has 0 unspecified atom stereocenters. The van der Waals surface area contributed by atoms with Gasteiger partial charge in [0.1, 0.15) is 5.75 Å². The molecular weight excluding hydrogens is 232 g/mol. The summed E-state index contributed by atoms with van der Waals surface area (Å²) in [6, 6.07) is 20.4. The maximum atomic E-state index is 6.06.